The molecule has 1 aromatic rings. The van der Waals surface area contributed by atoms with Crippen molar-refractivity contribution in [2.75, 3.05) is 0 Å². The topological polar surface area (TPSA) is 17.1 Å². The summed E-state index contributed by atoms with van der Waals surface area (Å²) in [6.07, 6.45) is 3.80. The van der Waals surface area contributed by atoms with Crippen molar-refractivity contribution >= 4 is 5.78 Å². The minimum absolute atomic E-state index is 0.196. The van der Waals surface area contributed by atoms with Crippen LogP contribution in [0.15, 0.2) is 18.2 Å². The fourth-order valence-electron chi connectivity index (χ4n) is 2.15. The van der Waals surface area contributed by atoms with Gasteiger partial charge in [0, 0.05) is 6.42 Å². The average molecular weight is 246 g/mol. The predicted molar refractivity (Wildman–Crippen MR) is 78.1 cm³/mol. The highest BCUT2D eigenvalue weighted by molar-refractivity contribution is 5.75. The Labute approximate surface area is 112 Å². The highest BCUT2D eigenvalue weighted by Crippen LogP contribution is 2.26. The maximum absolute atomic E-state index is 11.1. The molecule has 1 heteroatoms. The van der Waals surface area contributed by atoms with E-state index in [2.05, 4.69) is 45.9 Å². The van der Waals surface area contributed by atoms with Crippen LogP contribution in [0.25, 0.3) is 0 Å². The molecule has 0 amide bonds. The Kier molecular flexibility index (Phi) is 5.13. The van der Waals surface area contributed by atoms with E-state index < -0.39 is 0 Å². The van der Waals surface area contributed by atoms with Gasteiger partial charge in [-0.2, -0.15) is 0 Å². The van der Waals surface area contributed by atoms with E-state index in [4.69, 9.17) is 0 Å². The molecule has 0 aromatic heterocycles. The van der Waals surface area contributed by atoms with Crippen LogP contribution in [0.1, 0.15) is 64.2 Å². The van der Waals surface area contributed by atoms with Crippen molar-refractivity contribution in [3.05, 3.63) is 34.9 Å². The second-order valence-electron chi connectivity index (χ2n) is 6.19. The summed E-state index contributed by atoms with van der Waals surface area (Å²) >= 11 is 0. The van der Waals surface area contributed by atoms with E-state index in [9.17, 15) is 4.79 Å². The van der Waals surface area contributed by atoms with Crippen LogP contribution in [0, 0.1) is 0 Å². The Morgan fingerprint density at radius 3 is 2.28 bits per heavy atom. The molecule has 0 unspecified atom stereocenters. The minimum Gasteiger partial charge on any atom is -0.300 e. The molecule has 0 radical (unpaired) electrons. The van der Waals surface area contributed by atoms with Crippen molar-refractivity contribution in [1.82, 2.24) is 0 Å². The van der Waals surface area contributed by atoms with Crippen LogP contribution in [-0.2, 0) is 23.1 Å². The summed E-state index contributed by atoms with van der Waals surface area (Å²) in [5.41, 5.74) is 4.35. The van der Waals surface area contributed by atoms with Gasteiger partial charge in [-0.05, 0) is 41.9 Å². The zero-order chi connectivity index (χ0) is 13.8. The molecule has 1 rings (SSSR count). The van der Waals surface area contributed by atoms with Gasteiger partial charge in [-0.25, -0.2) is 0 Å². The number of rotatable bonds is 5. The van der Waals surface area contributed by atoms with Gasteiger partial charge in [0.25, 0.3) is 0 Å². The summed E-state index contributed by atoms with van der Waals surface area (Å²) in [5, 5.41) is 0. The van der Waals surface area contributed by atoms with E-state index in [1.165, 1.54) is 16.7 Å². The molecule has 1 nitrogen and oxygen atoms in total. The summed E-state index contributed by atoms with van der Waals surface area (Å²) in [5.74, 6) is 0.275. The fourth-order valence-corrected chi connectivity index (χ4v) is 2.15. The predicted octanol–water partition coefficient (Wildman–Crippen LogP) is 4.46. The largest absolute Gasteiger partial charge is 0.300 e. The van der Waals surface area contributed by atoms with Crippen LogP contribution < -0.4 is 0 Å². The molecule has 0 fully saturated rings. The molecule has 0 aliphatic rings. The van der Waals surface area contributed by atoms with Gasteiger partial charge in [0.15, 0.2) is 0 Å². The van der Waals surface area contributed by atoms with E-state index in [1.54, 1.807) is 6.92 Å². The lowest BCUT2D eigenvalue weighted by atomic mass is 9.84. The number of ketones is 1. The third-order valence-electron chi connectivity index (χ3n) is 3.34. The van der Waals surface area contributed by atoms with Crippen molar-refractivity contribution in [2.24, 2.45) is 0 Å². The maximum atomic E-state index is 11.1. The molecule has 0 saturated heterocycles. The van der Waals surface area contributed by atoms with E-state index in [0.29, 0.717) is 6.42 Å². The monoisotopic (exact) mass is 246 g/mol. The van der Waals surface area contributed by atoms with Crippen molar-refractivity contribution in [1.29, 1.82) is 0 Å². The first-order valence-corrected chi connectivity index (χ1v) is 6.96. The summed E-state index contributed by atoms with van der Waals surface area (Å²) in [6, 6.07) is 6.77. The number of hydrogen-bond acceptors (Lipinski definition) is 1. The molecular formula is C17H26O. The Morgan fingerprint density at radius 2 is 1.78 bits per heavy atom. The third-order valence-corrected chi connectivity index (χ3v) is 3.34. The van der Waals surface area contributed by atoms with Crippen LogP contribution >= 0.6 is 0 Å². The fraction of sp³-hybridized carbons (Fsp3) is 0.588. The molecule has 0 saturated carbocycles. The first-order chi connectivity index (χ1) is 8.34. The number of hydrogen-bond donors (Lipinski definition) is 0. The van der Waals surface area contributed by atoms with Crippen molar-refractivity contribution < 1.29 is 4.79 Å². The lowest BCUT2D eigenvalue weighted by molar-refractivity contribution is -0.116. The molecule has 0 spiro atoms. The lowest BCUT2D eigenvalue weighted by Crippen LogP contribution is -2.12. The van der Waals surface area contributed by atoms with E-state index in [-0.39, 0.29) is 11.2 Å². The highest BCUT2D eigenvalue weighted by Gasteiger charge is 2.15. The molecule has 18 heavy (non-hydrogen) atoms. The molecule has 0 bridgehead atoms. The van der Waals surface area contributed by atoms with E-state index in [1.807, 2.05) is 0 Å². The first-order valence-electron chi connectivity index (χ1n) is 6.96. The smallest absolute Gasteiger partial charge is 0.130 e. The van der Waals surface area contributed by atoms with Gasteiger partial charge in [0.1, 0.15) is 5.78 Å². The van der Waals surface area contributed by atoms with Crippen LogP contribution in [0.4, 0.5) is 0 Å². The molecule has 0 aliphatic carbocycles. The Balaban J connectivity index is 3.00. The second kappa shape index (κ2) is 6.17. The van der Waals surface area contributed by atoms with Gasteiger partial charge in [0.2, 0.25) is 0 Å². The van der Waals surface area contributed by atoms with Crippen molar-refractivity contribution in [3.63, 3.8) is 0 Å². The molecular weight excluding hydrogens is 220 g/mol. The lowest BCUT2D eigenvalue weighted by Gasteiger charge is -2.21. The van der Waals surface area contributed by atoms with Gasteiger partial charge in [-0.15, -0.1) is 0 Å². The Bertz CT molecular complexity index is 410. The van der Waals surface area contributed by atoms with Gasteiger partial charge in [-0.3, -0.25) is 0 Å². The van der Waals surface area contributed by atoms with Crippen LogP contribution in [0.2, 0.25) is 0 Å². The molecule has 1 aromatic carbocycles. The summed E-state index contributed by atoms with van der Waals surface area (Å²) in [4.78, 5) is 11.1. The summed E-state index contributed by atoms with van der Waals surface area (Å²) in [7, 11) is 0. The van der Waals surface area contributed by atoms with Gasteiger partial charge >= 0.3 is 0 Å². The maximum Gasteiger partial charge on any atom is 0.130 e. The van der Waals surface area contributed by atoms with Gasteiger partial charge < -0.3 is 4.79 Å². The normalized spacial score (nSPS) is 11.6. The first kappa shape index (κ1) is 14.9. The van der Waals surface area contributed by atoms with Gasteiger partial charge in [-0.1, -0.05) is 52.3 Å². The second-order valence-corrected chi connectivity index (χ2v) is 6.19. The average Bonchev–Trinajstić information content (AvgIpc) is 2.26. The molecule has 0 atom stereocenters. The Hall–Kier alpha value is -1.11. The highest BCUT2D eigenvalue weighted by atomic mass is 16.1. The SMILES string of the molecule is CCCc1cc(C(C)(C)C)ccc1CCC(C)=O. The summed E-state index contributed by atoms with van der Waals surface area (Å²) < 4.78 is 0. The van der Waals surface area contributed by atoms with E-state index in [0.717, 1.165) is 19.3 Å². The molecule has 0 N–H and O–H groups in total. The molecule has 0 aliphatic heterocycles. The number of Topliss-reactive ketones (excluding diaryl/α,β-unsaturated/α-hetero) is 1. The molecule has 0 heterocycles. The summed E-state index contributed by atoms with van der Waals surface area (Å²) in [6.45, 7) is 10.6. The van der Waals surface area contributed by atoms with Crippen LogP contribution in [0.3, 0.4) is 0 Å². The van der Waals surface area contributed by atoms with Crippen LogP contribution in [0.5, 0.6) is 0 Å². The number of carbonyl (C=O) groups excluding carboxylic acids is 1. The standard InChI is InChI=1S/C17H26O/c1-6-7-15-12-16(17(3,4)5)11-10-14(15)9-8-13(2)18/h10-12H,6-9H2,1-5H3. The van der Waals surface area contributed by atoms with E-state index >= 15 is 0 Å². The molecule has 100 valence electrons. The van der Waals surface area contributed by atoms with Crippen LogP contribution in [-0.4, -0.2) is 5.78 Å². The van der Waals surface area contributed by atoms with Crippen molar-refractivity contribution in [3.8, 4) is 0 Å². The minimum atomic E-state index is 0.196. The Morgan fingerprint density at radius 1 is 1.11 bits per heavy atom. The van der Waals surface area contributed by atoms with Gasteiger partial charge in [0.05, 0.1) is 0 Å². The zero-order valence-electron chi connectivity index (χ0n) is 12.5. The number of aryl methyl sites for hydroxylation is 2. The van der Waals surface area contributed by atoms with Crippen molar-refractivity contribution in [2.45, 2.75) is 65.7 Å². The quantitative estimate of drug-likeness (QED) is 0.749. The number of benzene rings is 1. The zero-order valence-corrected chi connectivity index (χ0v) is 12.5. The third kappa shape index (κ3) is 4.29. The number of carbonyl (C=O) groups is 1.